The predicted octanol–water partition coefficient (Wildman–Crippen LogP) is 3.91. The maximum Gasteiger partial charge on any atom is 0.220 e. The second-order valence-corrected chi connectivity index (χ2v) is 8.48. The molecule has 3 unspecified atom stereocenters. The topological polar surface area (TPSA) is 44.4 Å². The van der Waals surface area contributed by atoms with Crippen molar-refractivity contribution >= 4 is 52.3 Å². The third-order valence-electron chi connectivity index (χ3n) is 5.79. The zero-order valence-electron chi connectivity index (χ0n) is 14.8. The van der Waals surface area contributed by atoms with Gasteiger partial charge in [-0.15, -0.1) is 24.8 Å². The molecule has 3 atom stereocenters. The summed E-state index contributed by atoms with van der Waals surface area (Å²) in [5.41, 5.74) is 1.23. The van der Waals surface area contributed by atoms with Gasteiger partial charge in [0.05, 0.1) is 5.69 Å². The molecule has 2 N–H and O–H groups in total. The molecular weight excluding hydrogens is 437 g/mol. The summed E-state index contributed by atoms with van der Waals surface area (Å²) in [5.74, 6) is 0.824. The molecule has 7 heteroatoms. The van der Waals surface area contributed by atoms with Crippen molar-refractivity contribution in [1.29, 1.82) is 0 Å². The number of nitrogens with one attached hydrogen (secondary N) is 2. The smallest absolute Gasteiger partial charge is 0.220 e. The number of hydrogen-bond donors (Lipinski definition) is 2. The molecule has 3 aliphatic heterocycles. The van der Waals surface area contributed by atoms with Gasteiger partial charge in [-0.3, -0.25) is 4.79 Å². The highest BCUT2D eigenvalue weighted by Gasteiger charge is 2.34. The molecule has 3 fully saturated rings. The van der Waals surface area contributed by atoms with Crippen molar-refractivity contribution in [2.45, 2.75) is 56.7 Å². The van der Waals surface area contributed by atoms with Crippen molar-refractivity contribution in [1.82, 2.24) is 10.6 Å². The van der Waals surface area contributed by atoms with Crippen molar-refractivity contribution in [3.63, 3.8) is 0 Å². The molecule has 0 saturated carbocycles. The molecule has 146 valence electrons. The van der Waals surface area contributed by atoms with Gasteiger partial charge in [0.15, 0.2) is 0 Å². The molecule has 4 nitrogen and oxygen atoms in total. The van der Waals surface area contributed by atoms with Crippen LogP contribution < -0.4 is 15.5 Å². The second-order valence-electron chi connectivity index (χ2n) is 7.63. The van der Waals surface area contributed by atoms with E-state index in [0.717, 1.165) is 24.0 Å². The number of anilines is 1. The normalized spacial score (nSPS) is 29.7. The van der Waals surface area contributed by atoms with Crippen LogP contribution in [0.3, 0.4) is 0 Å². The molecule has 0 radical (unpaired) electrons. The Balaban J connectivity index is 0.00000121. The fourth-order valence-electron chi connectivity index (χ4n) is 4.70. The first-order valence-electron chi connectivity index (χ1n) is 9.22. The average molecular weight is 465 g/mol. The minimum absolute atomic E-state index is 0. The van der Waals surface area contributed by atoms with Gasteiger partial charge >= 0.3 is 0 Å². The maximum atomic E-state index is 12.5. The molecule has 3 aliphatic rings. The highest BCUT2D eigenvalue weighted by molar-refractivity contribution is 9.10. The largest absolute Gasteiger partial charge is 0.368 e. The number of benzene rings is 1. The van der Waals surface area contributed by atoms with E-state index in [4.69, 9.17) is 0 Å². The first kappa shape index (κ1) is 21.8. The Morgan fingerprint density at radius 2 is 1.85 bits per heavy atom. The summed E-state index contributed by atoms with van der Waals surface area (Å²) in [7, 11) is 0. The van der Waals surface area contributed by atoms with Crippen LogP contribution >= 0.6 is 40.7 Å². The zero-order chi connectivity index (χ0) is 16.5. The standard InChI is InChI=1S/C19H26BrN3O.2ClH/c20-17-3-1-2-4-18(17)23-8-7-16(12-23)22-19(24)11-13-9-14-5-6-15(10-13)21-14;;/h1-4,13-16,21H,5-12H2,(H,22,24);2*1H. The minimum atomic E-state index is 0. The van der Waals surface area contributed by atoms with Gasteiger partial charge in [-0.25, -0.2) is 0 Å². The van der Waals surface area contributed by atoms with E-state index in [1.807, 2.05) is 6.07 Å². The SMILES string of the molecule is Cl.Cl.O=C(CC1CC2CCC(C1)N2)NC1CCN(c2ccccc2Br)C1. The monoisotopic (exact) mass is 463 g/mol. The van der Waals surface area contributed by atoms with Crippen LogP contribution in [-0.2, 0) is 4.79 Å². The first-order chi connectivity index (χ1) is 11.7. The number of hydrogen-bond acceptors (Lipinski definition) is 3. The third kappa shape index (κ3) is 5.06. The minimum Gasteiger partial charge on any atom is -0.368 e. The molecule has 0 aromatic heterocycles. The van der Waals surface area contributed by atoms with E-state index in [1.165, 1.54) is 31.4 Å². The number of carbonyl (C=O) groups is 1. The lowest BCUT2D eigenvalue weighted by Gasteiger charge is -2.29. The predicted molar refractivity (Wildman–Crippen MR) is 115 cm³/mol. The fraction of sp³-hybridized carbons (Fsp3) is 0.632. The summed E-state index contributed by atoms with van der Waals surface area (Å²) in [5, 5.41) is 6.93. The average Bonchev–Trinajstić information content (AvgIpc) is 3.14. The number of amides is 1. The van der Waals surface area contributed by atoms with Crippen molar-refractivity contribution in [3.05, 3.63) is 28.7 Å². The van der Waals surface area contributed by atoms with Crippen molar-refractivity contribution in [3.8, 4) is 0 Å². The molecule has 26 heavy (non-hydrogen) atoms. The number of piperidine rings is 1. The quantitative estimate of drug-likeness (QED) is 0.709. The molecule has 1 aromatic carbocycles. The third-order valence-corrected chi connectivity index (χ3v) is 6.46. The van der Waals surface area contributed by atoms with E-state index >= 15 is 0 Å². The molecule has 0 spiro atoms. The van der Waals surface area contributed by atoms with E-state index in [1.54, 1.807) is 0 Å². The summed E-state index contributed by atoms with van der Waals surface area (Å²) < 4.78 is 1.13. The highest BCUT2D eigenvalue weighted by Crippen LogP contribution is 2.33. The van der Waals surface area contributed by atoms with Gasteiger partial charge in [0.25, 0.3) is 0 Å². The van der Waals surface area contributed by atoms with Crippen LogP contribution in [0.2, 0.25) is 0 Å². The maximum absolute atomic E-state index is 12.5. The molecule has 1 aromatic rings. The number of fused-ring (bicyclic) bond motifs is 2. The van der Waals surface area contributed by atoms with Crippen LogP contribution in [0.25, 0.3) is 0 Å². The Labute approximate surface area is 176 Å². The van der Waals surface area contributed by atoms with Crippen molar-refractivity contribution in [2.75, 3.05) is 18.0 Å². The van der Waals surface area contributed by atoms with E-state index in [-0.39, 0.29) is 36.8 Å². The molecule has 3 saturated heterocycles. The molecule has 4 rings (SSSR count). The Morgan fingerprint density at radius 1 is 1.15 bits per heavy atom. The molecule has 0 aliphatic carbocycles. The summed E-state index contributed by atoms with van der Waals surface area (Å²) in [6.07, 6.45) is 6.69. The van der Waals surface area contributed by atoms with Gasteiger partial charge in [0.1, 0.15) is 0 Å². The summed E-state index contributed by atoms with van der Waals surface area (Å²) in [4.78, 5) is 14.8. The van der Waals surface area contributed by atoms with Crippen molar-refractivity contribution < 1.29 is 4.79 Å². The zero-order valence-corrected chi connectivity index (χ0v) is 18.0. The number of nitrogens with zero attached hydrogens (tertiary/aromatic N) is 1. The van der Waals surface area contributed by atoms with Crippen LogP contribution in [0.15, 0.2) is 28.7 Å². The Kier molecular flexibility index (Phi) is 8.08. The van der Waals surface area contributed by atoms with Crippen LogP contribution in [0.5, 0.6) is 0 Å². The molecular formula is C19H28BrCl2N3O. The Morgan fingerprint density at radius 3 is 2.54 bits per heavy atom. The summed E-state index contributed by atoms with van der Waals surface area (Å²) >= 11 is 3.63. The lowest BCUT2D eigenvalue weighted by molar-refractivity contribution is -0.122. The van der Waals surface area contributed by atoms with E-state index in [0.29, 0.717) is 24.4 Å². The van der Waals surface area contributed by atoms with Crippen LogP contribution in [0.4, 0.5) is 5.69 Å². The van der Waals surface area contributed by atoms with Crippen molar-refractivity contribution in [2.24, 2.45) is 5.92 Å². The lowest BCUT2D eigenvalue weighted by Crippen LogP contribution is -2.42. The van der Waals surface area contributed by atoms with Gasteiger partial charge in [-0.05, 0) is 66.1 Å². The van der Waals surface area contributed by atoms with E-state index < -0.39 is 0 Å². The molecule has 1 amide bonds. The molecule has 3 heterocycles. The number of para-hydroxylation sites is 1. The summed E-state index contributed by atoms with van der Waals surface area (Å²) in [6.45, 7) is 1.91. The van der Waals surface area contributed by atoms with Gasteiger partial charge in [0.2, 0.25) is 5.91 Å². The van der Waals surface area contributed by atoms with Gasteiger partial charge < -0.3 is 15.5 Å². The van der Waals surface area contributed by atoms with Gasteiger partial charge in [0, 0.05) is 42.1 Å². The van der Waals surface area contributed by atoms with E-state index in [9.17, 15) is 4.79 Å². The number of rotatable bonds is 4. The fourth-order valence-corrected chi connectivity index (χ4v) is 5.23. The lowest BCUT2D eigenvalue weighted by atomic mass is 9.89. The van der Waals surface area contributed by atoms with Crippen LogP contribution in [0.1, 0.15) is 38.5 Å². The second kappa shape index (κ2) is 9.63. The van der Waals surface area contributed by atoms with Gasteiger partial charge in [-0.2, -0.15) is 0 Å². The van der Waals surface area contributed by atoms with Crippen LogP contribution in [0, 0.1) is 5.92 Å². The number of halogens is 3. The Hall–Kier alpha value is -0.490. The summed E-state index contributed by atoms with van der Waals surface area (Å²) in [6, 6.07) is 9.93. The Bertz CT molecular complexity index is 606. The number of carbonyl (C=O) groups excluding carboxylic acids is 1. The van der Waals surface area contributed by atoms with Gasteiger partial charge in [-0.1, -0.05) is 12.1 Å². The van der Waals surface area contributed by atoms with Crippen LogP contribution in [-0.4, -0.2) is 37.1 Å². The van der Waals surface area contributed by atoms with E-state index in [2.05, 4.69) is 49.7 Å². The molecule has 2 bridgehead atoms. The first-order valence-corrected chi connectivity index (χ1v) is 10.0. The highest BCUT2D eigenvalue weighted by atomic mass is 79.9.